The van der Waals surface area contributed by atoms with Crippen LogP contribution in [-0.2, 0) is 0 Å². The highest BCUT2D eigenvalue weighted by Crippen LogP contribution is 2.46. The maximum Gasteiger partial charge on any atom is 0.135 e. The van der Waals surface area contributed by atoms with Gasteiger partial charge in [0.05, 0.1) is 11.0 Å². The highest BCUT2D eigenvalue weighted by molar-refractivity contribution is 7.26. The number of hydrogen-bond donors (Lipinski definition) is 2. The molecule has 72 heavy (non-hydrogen) atoms. The van der Waals surface area contributed by atoms with Gasteiger partial charge in [-0.3, -0.25) is 5.32 Å². The maximum atomic E-state index is 6.46. The van der Waals surface area contributed by atoms with Gasteiger partial charge in [0.1, 0.15) is 29.3 Å². The Morgan fingerprint density at radius 3 is 2.04 bits per heavy atom. The molecule has 0 spiro atoms. The molecule has 13 aromatic rings. The average molecular weight is 963 g/mol. The molecule has 344 valence electrons. The number of aromatic nitrogens is 1. The number of amidine groups is 1. The Bertz CT molecular complexity index is 4450. The zero-order valence-corrected chi connectivity index (χ0v) is 41.2. The van der Waals surface area contributed by atoms with Crippen molar-refractivity contribution >= 4 is 118 Å². The number of aliphatic imine (C=N–C) groups is 1. The van der Waals surface area contributed by atoms with Gasteiger partial charge < -0.3 is 14.3 Å². The molecule has 0 saturated heterocycles. The third kappa shape index (κ3) is 6.51. The van der Waals surface area contributed by atoms with E-state index in [1.54, 1.807) is 0 Å². The molecule has 7 heteroatoms. The quantitative estimate of drug-likeness (QED) is 0.175. The molecule has 4 aromatic heterocycles. The highest BCUT2D eigenvalue weighted by Gasteiger charge is 2.31. The van der Waals surface area contributed by atoms with Gasteiger partial charge in [-0.05, 0) is 120 Å². The van der Waals surface area contributed by atoms with Gasteiger partial charge in [-0.15, -0.1) is 22.7 Å². The number of benzene rings is 9. The summed E-state index contributed by atoms with van der Waals surface area (Å²) in [7, 11) is 0. The number of hydrogen-bond acceptors (Lipinski definition) is 6. The van der Waals surface area contributed by atoms with Crippen LogP contribution >= 0.6 is 22.7 Å². The number of allylic oxidation sites excluding steroid dienone is 3. The maximum absolute atomic E-state index is 6.46. The minimum Gasteiger partial charge on any atom is -0.456 e. The van der Waals surface area contributed by atoms with Crippen LogP contribution < -0.4 is 10.6 Å². The van der Waals surface area contributed by atoms with Crippen molar-refractivity contribution in [3.63, 3.8) is 0 Å². The first-order valence-corrected chi connectivity index (χ1v) is 26.5. The first kappa shape index (κ1) is 41.7. The van der Waals surface area contributed by atoms with E-state index < -0.39 is 0 Å². The number of para-hydroxylation sites is 3. The van der Waals surface area contributed by atoms with Crippen LogP contribution in [0.1, 0.15) is 47.9 Å². The lowest BCUT2D eigenvalue weighted by molar-refractivity contribution is 0.400. The van der Waals surface area contributed by atoms with E-state index in [-0.39, 0.29) is 18.2 Å². The SMILES string of the molecule is CC1=C(c2ccccc2C)C=CC(C2=NC(c3cccc4sc5ccc(-c6cccc7sc8ccc(-n9c%10ccccc%10c%10ccccc%109)cc8c67)cc5c34)NC(c3ccc4c(c3)oc3ccccc34)N2)C1. The van der Waals surface area contributed by atoms with Crippen molar-refractivity contribution in [1.29, 1.82) is 0 Å². The lowest BCUT2D eigenvalue weighted by atomic mass is 9.85. The number of furan rings is 1. The van der Waals surface area contributed by atoms with Crippen molar-refractivity contribution in [2.45, 2.75) is 32.6 Å². The van der Waals surface area contributed by atoms with E-state index in [9.17, 15) is 0 Å². The fourth-order valence-electron chi connectivity index (χ4n) is 11.9. The standard InChI is InChI=1S/C65H46N4OS2/c1-37-13-3-4-14-43(37)44-29-25-40(33-38(44)2)63-66-64(41-26-30-49-48-17-7-10-22-55(48)70-56(49)35-41)68-65(67-63)50-19-12-24-60-62(50)51-34-39(27-31-57(51)71-60)45-18-11-23-59-61(45)52-36-42(28-32-58(52)72-59)69-53-20-8-5-15-46(53)47-16-6-9-21-54(47)69/h3-32,34-36,40,64-65,68H,33H2,1-2H3,(H,66,67). The Kier molecular flexibility index (Phi) is 9.40. The molecule has 0 saturated carbocycles. The van der Waals surface area contributed by atoms with Gasteiger partial charge in [0.25, 0.3) is 0 Å². The summed E-state index contributed by atoms with van der Waals surface area (Å²) in [4.78, 5) is 5.65. The van der Waals surface area contributed by atoms with Gasteiger partial charge in [-0.25, -0.2) is 4.99 Å². The molecule has 1 aliphatic carbocycles. The number of rotatable bonds is 6. The molecule has 2 aliphatic rings. The molecule has 5 heterocycles. The summed E-state index contributed by atoms with van der Waals surface area (Å²) >= 11 is 3.73. The lowest BCUT2D eigenvalue weighted by Gasteiger charge is -2.35. The number of aryl methyl sites for hydroxylation is 1. The van der Waals surface area contributed by atoms with Crippen LogP contribution in [0.3, 0.4) is 0 Å². The number of nitrogens with one attached hydrogen (secondary N) is 2. The summed E-state index contributed by atoms with van der Waals surface area (Å²) in [6, 6.07) is 68.9. The Morgan fingerprint density at radius 1 is 0.556 bits per heavy atom. The number of nitrogens with zero attached hydrogens (tertiary/aromatic N) is 2. The van der Waals surface area contributed by atoms with Crippen LogP contribution in [0.15, 0.2) is 215 Å². The Morgan fingerprint density at radius 2 is 1.24 bits per heavy atom. The normalized spacial score (nSPS) is 17.4. The van der Waals surface area contributed by atoms with Crippen LogP contribution in [0.4, 0.5) is 0 Å². The molecule has 0 bridgehead atoms. The fraction of sp³-hybridized carbons (Fsp3) is 0.0923. The molecule has 5 nitrogen and oxygen atoms in total. The number of thiophene rings is 2. The van der Waals surface area contributed by atoms with E-state index in [1.165, 1.54) is 107 Å². The van der Waals surface area contributed by atoms with Crippen molar-refractivity contribution in [3.8, 4) is 16.8 Å². The van der Waals surface area contributed by atoms with Crippen molar-refractivity contribution in [2.75, 3.05) is 0 Å². The molecule has 3 unspecified atom stereocenters. The van der Waals surface area contributed by atoms with E-state index in [0.717, 1.165) is 39.8 Å². The molecular formula is C65H46N4OS2. The molecular weight excluding hydrogens is 917 g/mol. The molecule has 0 radical (unpaired) electrons. The van der Waals surface area contributed by atoms with Crippen molar-refractivity contribution < 1.29 is 4.42 Å². The third-order valence-electron chi connectivity index (χ3n) is 15.3. The molecule has 2 N–H and O–H groups in total. The van der Waals surface area contributed by atoms with Crippen LogP contribution in [0.5, 0.6) is 0 Å². The summed E-state index contributed by atoms with van der Waals surface area (Å²) in [5.74, 6) is 1.07. The Labute approximate surface area is 423 Å². The average Bonchev–Trinajstić information content (AvgIpc) is 4.19. The van der Waals surface area contributed by atoms with Crippen LogP contribution in [-0.4, -0.2) is 10.4 Å². The second-order valence-electron chi connectivity index (χ2n) is 19.6. The van der Waals surface area contributed by atoms with Gasteiger partial charge >= 0.3 is 0 Å². The van der Waals surface area contributed by atoms with Crippen LogP contribution in [0.25, 0.3) is 106 Å². The van der Waals surface area contributed by atoms with E-state index in [4.69, 9.17) is 9.41 Å². The van der Waals surface area contributed by atoms with E-state index in [2.05, 4.69) is 217 Å². The third-order valence-corrected chi connectivity index (χ3v) is 17.6. The molecule has 3 atom stereocenters. The van der Waals surface area contributed by atoms with Gasteiger partial charge in [0.2, 0.25) is 0 Å². The summed E-state index contributed by atoms with van der Waals surface area (Å²) in [5.41, 5.74) is 15.4. The van der Waals surface area contributed by atoms with Crippen molar-refractivity contribution in [3.05, 3.63) is 228 Å². The van der Waals surface area contributed by atoms with E-state index in [1.807, 2.05) is 34.8 Å². The van der Waals surface area contributed by atoms with Gasteiger partial charge in [-0.2, -0.15) is 0 Å². The molecule has 0 amide bonds. The number of fused-ring (bicyclic) bond motifs is 12. The predicted octanol–water partition coefficient (Wildman–Crippen LogP) is 17.7. The monoisotopic (exact) mass is 962 g/mol. The smallest absolute Gasteiger partial charge is 0.135 e. The fourth-order valence-corrected chi connectivity index (χ4v) is 14.1. The van der Waals surface area contributed by atoms with Gasteiger partial charge in [0.15, 0.2) is 0 Å². The van der Waals surface area contributed by atoms with Crippen LogP contribution in [0, 0.1) is 12.8 Å². The van der Waals surface area contributed by atoms with Gasteiger partial charge in [-0.1, -0.05) is 139 Å². The first-order valence-electron chi connectivity index (χ1n) is 24.8. The van der Waals surface area contributed by atoms with E-state index in [0.29, 0.717) is 0 Å². The van der Waals surface area contributed by atoms with Crippen molar-refractivity contribution in [1.82, 2.24) is 15.2 Å². The molecule has 15 rings (SSSR count). The van der Waals surface area contributed by atoms with Crippen LogP contribution in [0.2, 0.25) is 0 Å². The van der Waals surface area contributed by atoms with E-state index >= 15 is 0 Å². The largest absolute Gasteiger partial charge is 0.456 e. The highest BCUT2D eigenvalue weighted by atomic mass is 32.1. The summed E-state index contributed by atoms with van der Waals surface area (Å²) in [6.07, 6.45) is 5.02. The minimum atomic E-state index is -0.318. The summed E-state index contributed by atoms with van der Waals surface area (Å²) in [5, 5.41) is 17.8. The minimum absolute atomic E-state index is 0.0845. The second-order valence-corrected chi connectivity index (χ2v) is 21.7. The molecule has 1 aliphatic heterocycles. The second kappa shape index (κ2) is 16.2. The summed E-state index contributed by atoms with van der Waals surface area (Å²) in [6.45, 7) is 4.48. The summed E-state index contributed by atoms with van der Waals surface area (Å²) < 4.78 is 14.0. The zero-order chi connectivity index (χ0) is 47.6. The lowest BCUT2D eigenvalue weighted by Crippen LogP contribution is -2.47. The zero-order valence-electron chi connectivity index (χ0n) is 39.6. The Balaban J connectivity index is 0.861. The van der Waals surface area contributed by atoms with Crippen molar-refractivity contribution in [2.24, 2.45) is 10.9 Å². The molecule has 9 aromatic carbocycles. The predicted molar refractivity (Wildman–Crippen MR) is 306 cm³/mol. The topological polar surface area (TPSA) is 54.5 Å². The first-order chi connectivity index (χ1) is 35.5. The Hall–Kier alpha value is -8.07. The van der Waals surface area contributed by atoms with Gasteiger partial charge in [0, 0.05) is 79.1 Å². The molecule has 0 fully saturated rings.